The first kappa shape index (κ1) is 17.8. The molecule has 1 aliphatic carbocycles. The van der Waals surface area contributed by atoms with Gasteiger partial charge in [0.15, 0.2) is 6.04 Å². The molecule has 2 aromatic rings. The molecule has 1 unspecified atom stereocenters. The summed E-state index contributed by atoms with van der Waals surface area (Å²) in [5, 5.41) is 3.22. The Bertz CT molecular complexity index is 793. The van der Waals surface area contributed by atoms with Gasteiger partial charge in [-0.15, -0.1) is 0 Å². The summed E-state index contributed by atoms with van der Waals surface area (Å²) >= 11 is 0. The third kappa shape index (κ3) is 3.92. The first-order valence-electron chi connectivity index (χ1n) is 10.0. The molecule has 1 aromatic carbocycles. The van der Waals surface area contributed by atoms with Crippen molar-refractivity contribution in [3.8, 4) is 0 Å². The second-order valence-corrected chi connectivity index (χ2v) is 7.63. The second-order valence-electron chi connectivity index (χ2n) is 7.63. The minimum atomic E-state index is -0.535. The molecule has 0 saturated heterocycles. The van der Waals surface area contributed by atoms with Gasteiger partial charge in [-0.2, -0.15) is 0 Å². The van der Waals surface area contributed by atoms with Crippen LogP contribution in [-0.4, -0.2) is 33.9 Å². The van der Waals surface area contributed by atoms with Gasteiger partial charge in [0, 0.05) is 18.8 Å². The van der Waals surface area contributed by atoms with Crippen molar-refractivity contribution < 1.29 is 9.59 Å². The van der Waals surface area contributed by atoms with Crippen molar-refractivity contribution in [2.75, 3.05) is 6.54 Å². The zero-order valence-corrected chi connectivity index (χ0v) is 15.6. The van der Waals surface area contributed by atoms with Crippen LogP contribution in [0.15, 0.2) is 48.7 Å². The van der Waals surface area contributed by atoms with Crippen LogP contribution in [0.5, 0.6) is 0 Å². The van der Waals surface area contributed by atoms with Crippen molar-refractivity contribution in [3.63, 3.8) is 0 Å². The van der Waals surface area contributed by atoms with Crippen molar-refractivity contribution in [2.24, 2.45) is 0 Å². The maximum Gasteiger partial charge on any atom is 0.249 e. The largest absolute Gasteiger partial charge is 0.351 e. The maximum atomic E-state index is 13.2. The van der Waals surface area contributed by atoms with E-state index in [-0.39, 0.29) is 17.9 Å². The molecule has 1 saturated carbocycles. The lowest BCUT2D eigenvalue weighted by Crippen LogP contribution is -2.51. The van der Waals surface area contributed by atoms with Gasteiger partial charge in [-0.1, -0.05) is 49.6 Å². The molecule has 4 rings (SSSR count). The Balaban J connectivity index is 1.53. The van der Waals surface area contributed by atoms with E-state index < -0.39 is 6.04 Å². The summed E-state index contributed by atoms with van der Waals surface area (Å²) in [4.78, 5) is 27.7. The molecule has 2 aliphatic rings. The lowest BCUT2D eigenvalue weighted by molar-refractivity contribution is -0.144. The highest BCUT2D eigenvalue weighted by Crippen LogP contribution is 2.28. The lowest BCUT2D eigenvalue weighted by atomic mass is 9.95. The van der Waals surface area contributed by atoms with Crippen LogP contribution in [0.2, 0.25) is 0 Å². The van der Waals surface area contributed by atoms with E-state index in [2.05, 4.69) is 17.4 Å². The van der Waals surface area contributed by atoms with Gasteiger partial charge in [0.2, 0.25) is 11.8 Å². The van der Waals surface area contributed by atoms with Gasteiger partial charge < -0.3 is 14.8 Å². The van der Waals surface area contributed by atoms with Crippen LogP contribution in [0, 0.1) is 0 Å². The Morgan fingerprint density at radius 3 is 2.59 bits per heavy atom. The fraction of sp³-hybridized carbons (Fsp3) is 0.455. The third-order valence-electron chi connectivity index (χ3n) is 5.77. The number of nitrogens with one attached hydrogen (secondary N) is 1. The normalized spacial score (nSPS) is 20.4. The average Bonchev–Trinajstić information content (AvgIpc) is 3.15. The zero-order chi connectivity index (χ0) is 18.6. The number of amides is 2. The van der Waals surface area contributed by atoms with E-state index >= 15 is 0 Å². The van der Waals surface area contributed by atoms with Crippen LogP contribution in [0.4, 0.5) is 0 Å². The topological polar surface area (TPSA) is 54.3 Å². The summed E-state index contributed by atoms with van der Waals surface area (Å²) in [6.07, 6.45) is 8.31. The van der Waals surface area contributed by atoms with E-state index in [9.17, 15) is 9.59 Å². The van der Waals surface area contributed by atoms with Gasteiger partial charge in [-0.05, 0) is 37.0 Å². The molecule has 27 heavy (non-hydrogen) atoms. The highest BCUT2D eigenvalue weighted by molar-refractivity contribution is 5.90. The molecule has 0 spiro atoms. The fourth-order valence-electron chi connectivity index (χ4n) is 4.31. The summed E-state index contributed by atoms with van der Waals surface area (Å²) in [7, 11) is 0. The number of fused-ring (bicyclic) bond motifs is 1. The van der Waals surface area contributed by atoms with Crippen molar-refractivity contribution in [2.45, 2.75) is 57.2 Å². The van der Waals surface area contributed by atoms with Gasteiger partial charge in [0.25, 0.3) is 0 Å². The molecule has 0 bridgehead atoms. The number of carbonyl (C=O) groups is 2. The molecule has 142 valence electrons. The van der Waals surface area contributed by atoms with Gasteiger partial charge in [0.05, 0.1) is 5.69 Å². The summed E-state index contributed by atoms with van der Waals surface area (Å²) < 4.78 is 1.91. The summed E-state index contributed by atoms with van der Waals surface area (Å²) in [5.41, 5.74) is 2.09. The van der Waals surface area contributed by atoms with Gasteiger partial charge in [-0.25, -0.2) is 0 Å². The second kappa shape index (κ2) is 7.99. The van der Waals surface area contributed by atoms with E-state index in [1.165, 1.54) is 24.8 Å². The predicted molar refractivity (Wildman–Crippen MR) is 104 cm³/mol. The summed E-state index contributed by atoms with van der Waals surface area (Å²) in [6.45, 7) is 0.862. The Morgan fingerprint density at radius 2 is 1.81 bits per heavy atom. The van der Waals surface area contributed by atoms with E-state index in [4.69, 9.17) is 0 Å². The van der Waals surface area contributed by atoms with Crippen LogP contribution < -0.4 is 5.32 Å². The Morgan fingerprint density at radius 1 is 1.04 bits per heavy atom. The fourth-order valence-corrected chi connectivity index (χ4v) is 4.31. The van der Waals surface area contributed by atoms with Gasteiger partial charge in [0.1, 0.15) is 6.54 Å². The molecule has 5 heteroatoms. The Labute approximate surface area is 160 Å². The zero-order valence-electron chi connectivity index (χ0n) is 15.6. The SMILES string of the molecule is O=C(NC1CCCCC1)C1c2cccn2CC(=O)N1CCc1ccccc1. The summed E-state index contributed by atoms with van der Waals surface area (Å²) in [5.74, 6) is -0.0265. The van der Waals surface area contributed by atoms with Crippen molar-refractivity contribution in [1.29, 1.82) is 0 Å². The van der Waals surface area contributed by atoms with E-state index in [0.717, 1.165) is 25.0 Å². The number of hydrogen-bond acceptors (Lipinski definition) is 2. The van der Waals surface area contributed by atoms with Crippen LogP contribution in [0.1, 0.15) is 49.4 Å². The van der Waals surface area contributed by atoms with E-state index in [1.807, 2.05) is 41.1 Å². The smallest absolute Gasteiger partial charge is 0.249 e. The monoisotopic (exact) mass is 365 g/mol. The van der Waals surface area contributed by atoms with Gasteiger partial charge >= 0.3 is 0 Å². The number of hydrogen-bond donors (Lipinski definition) is 1. The highest BCUT2D eigenvalue weighted by Gasteiger charge is 2.37. The van der Waals surface area contributed by atoms with Crippen LogP contribution in [0.3, 0.4) is 0 Å². The molecule has 2 amide bonds. The molecule has 1 atom stereocenters. The van der Waals surface area contributed by atoms with Gasteiger partial charge in [-0.3, -0.25) is 9.59 Å². The predicted octanol–water partition coefficient (Wildman–Crippen LogP) is 3.06. The molecular weight excluding hydrogens is 338 g/mol. The Hall–Kier alpha value is -2.56. The minimum absolute atomic E-state index is 0.0124. The standard InChI is InChI=1S/C22H27N3O2/c26-20-16-24-14-7-12-19(24)21(22(27)23-18-10-5-2-6-11-18)25(20)15-13-17-8-3-1-4-9-17/h1,3-4,7-9,12,14,18,21H,2,5-6,10-11,13,15-16H2,(H,23,27). The molecule has 2 heterocycles. The van der Waals surface area contributed by atoms with Crippen LogP contribution >= 0.6 is 0 Å². The molecule has 1 fully saturated rings. The average molecular weight is 365 g/mol. The molecular formula is C22H27N3O2. The van der Waals surface area contributed by atoms with Crippen molar-refractivity contribution >= 4 is 11.8 Å². The van der Waals surface area contributed by atoms with Crippen LogP contribution in [-0.2, 0) is 22.6 Å². The number of aromatic nitrogens is 1. The Kier molecular flexibility index (Phi) is 5.28. The first-order chi connectivity index (χ1) is 13.2. The molecule has 5 nitrogen and oxygen atoms in total. The molecule has 1 aliphatic heterocycles. The summed E-state index contributed by atoms with van der Waals surface area (Å²) in [6, 6.07) is 13.7. The molecule has 0 radical (unpaired) electrons. The minimum Gasteiger partial charge on any atom is -0.351 e. The quantitative estimate of drug-likeness (QED) is 0.885. The maximum absolute atomic E-state index is 13.2. The first-order valence-corrected chi connectivity index (χ1v) is 10.0. The highest BCUT2D eigenvalue weighted by atomic mass is 16.2. The third-order valence-corrected chi connectivity index (χ3v) is 5.77. The molecule has 1 aromatic heterocycles. The number of carbonyl (C=O) groups excluding carboxylic acids is 2. The van der Waals surface area contributed by atoms with Crippen molar-refractivity contribution in [3.05, 3.63) is 59.9 Å². The lowest BCUT2D eigenvalue weighted by Gasteiger charge is -2.37. The number of nitrogens with zero attached hydrogens (tertiary/aromatic N) is 2. The van der Waals surface area contributed by atoms with E-state index in [1.54, 1.807) is 4.90 Å². The number of rotatable bonds is 5. The molecule has 1 N–H and O–H groups in total. The van der Waals surface area contributed by atoms with E-state index in [0.29, 0.717) is 13.1 Å². The van der Waals surface area contributed by atoms with Crippen LogP contribution in [0.25, 0.3) is 0 Å². The van der Waals surface area contributed by atoms with Crippen molar-refractivity contribution in [1.82, 2.24) is 14.8 Å². The number of benzene rings is 1.